The summed E-state index contributed by atoms with van der Waals surface area (Å²) >= 11 is 0. The highest BCUT2D eigenvalue weighted by Crippen LogP contribution is 2.13. The summed E-state index contributed by atoms with van der Waals surface area (Å²) in [6.45, 7) is 7.23. The Bertz CT molecular complexity index is 613. The van der Waals surface area contributed by atoms with Crippen LogP contribution in [-0.2, 0) is 13.1 Å². The number of carbonyl (C=O) groups excluding carboxylic acids is 1. The lowest BCUT2D eigenvalue weighted by atomic mass is 10.0. The average Bonchev–Trinajstić information content (AvgIpc) is 2.71. The normalized spacial score (nSPS) is 10.8. The van der Waals surface area contributed by atoms with Crippen molar-refractivity contribution < 1.29 is 9.32 Å². The number of aryl methyl sites for hydroxylation is 3. The number of benzene rings is 1. The molecule has 0 unspecified atom stereocenters. The second kappa shape index (κ2) is 5.88. The lowest BCUT2D eigenvalue weighted by Gasteiger charge is -2.09. The second-order valence-corrected chi connectivity index (χ2v) is 4.91. The molecule has 0 saturated carbocycles. The molecule has 0 aliphatic rings. The first-order valence-electron chi connectivity index (χ1n) is 6.51. The van der Waals surface area contributed by atoms with E-state index in [1.54, 1.807) is 6.07 Å². The molecule has 0 aliphatic carbocycles. The van der Waals surface area contributed by atoms with Gasteiger partial charge in [0.25, 0.3) is 0 Å². The largest absolute Gasteiger partial charge is 0.366 e. The Balaban J connectivity index is 2.00. The molecule has 5 heteroatoms. The van der Waals surface area contributed by atoms with Crippen LogP contribution in [0.5, 0.6) is 0 Å². The van der Waals surface area contributed by atoms with Crippen molar-refractivity contribution in [2.24, 2.45) is 5.73 Å². The highest BCUT2D eigenvalue weighted by molar-refractivity contribution is 5.93. The second-order valence-electron chi connectivity index (χ2n) is 4.91. The van der Waals surface area contributed by atoms with E-state index < -0.39 is 5.91 Å². The van der Waals surface area contributed by atoms with Gasteiger partial charge in [0.05, 0.1) is 5.69 Å². The van der Waals surface area contributed by atoms with Gasteiger partial charge in [0.2, 0.25) is 5.91 Å². The van der Waals surface area contributed by atoms with E-state index in [1.807, 2.05) is 32.9 Å². The number of nitrogens with zero attached hydrogens (tertiary/aromatic N) is 1. The minimum Gasteiger partial charge on any atom is -0.366 e. The van der Waals surface area contributed by atoms with Gasteiger partial charge >= 0.3 is 0 Å². The van der Waals surface area contributed by atoms with Crippen LogP contribution in [0.1, 0.15) is 38.5 Å². The highest BCUT2D eigenvalue weighted by Gasteiger charge is 2.09. The van der Waals surface area contributed by atoms with Gasteiger partial charge in [0.1, 0.15) is 5.76 Å². The van der Waals surface area contributed by atoms with E-state index in [0.29, 0.717) is 12.1 Å². The third-order valence-corrected chi connectivity index (χ3v) is 3.43. The summed E-state index contributed by atoms with van der Waals surface area (Å²) in [5.41, 5.74) is 9.99. The molecule has 1 heterocycles. The predicted molar refractivity (Wildman–Crippen MR) is 76.2 cm³/mol. The Morgan fingerprint density at radius 1 is 1.30 bits per heavy atom. The Morgan fingerprint density at radius 3 is 2.60 bits per heavy atom. The molecular formula is C15H19N3O2. The average molecular weight is 273 g/mol. The molecule has 0 aliphatic heterocycles. The molecule has 0 saturated heterocycles. The van der Waals surface area contributed by atoms with Crippen molar-refractivity contribution in [2.45, 2.75) is 33.9 Å². The molecule has 2 rings (SSSR count). The van der Waals surface area contributed by atoms with E-state index in [0.717, 1.165) is 34.7 Å². The zero-order valence-corrected chi connectivity index (χ0v) is 12.0. The predicted octanol–water partition coefficient (Wildman–Crippen LogP) is 1.99. The smallest absolute Gasteiger partial charge is 0.248 e. The van der Waals surface area contributed by atoms with Crippen LogP contribution >= 0.6 is 0 Å². The minimum absolute atomic E-state index is 0.400. The number of rotatable bonds is 5. The number of primary amides is 1. The van der Waals surface area contributed by atoms with E-state index in [9.17, 15) is 4.79 Å². The van der Waals surface area contributed by atoms with E-state index >= 15 is 0 Å². The zero-order chi connectivity index (χ0) is 14.7. The summed E-state index contributed by atoms with van der Waals surface area (Å²) in [5.74, 6) is 0.444. The molecule has 0 spiro atoms. The van der Waals surface area contributed by atoms with Gasteiger partial charge < -0.3 is 15.6 Å². The van der Waals surface area contributed by atoms with Crippen LogP contribution in [0.2, 0.25) is 0 Å². The Labute approximate surface area is 118 Å². The number of nitrogens with one attached hydrogen (secondary N) is 1. The summed E-state index contributed by atoms with van der Waals surface area (Å²) in [6, 6.07) is 5.49. The van der Waals surface area contributed by atoms with E-state index in [1.165, 1.54) is 0 Å². The van der Waals surface area contributed by atoms with Crippen molar-refractivity contribution >= 4 is 5.91 Å². The summed E-state index contributed by atoms with van der Waals surface area (Å²) < 4.78 is 5.12. The van der Waals surface area contributed by atoms with Crippen LogP contribution in [0.4, 0.5) is 0 Å². The van der Waals surface area contributed by atoms with Gasteiger partial charge in [-0.2, -0.15) is 0 Å². The number of hydrogen-bond donors (Lipinski definition) is 2. The van der Waals surface area contributed by atoms with Crippen LogP contribution in [0.15, 0.2) is 22.7 Å². The monoisotopic (exact) mass is 273 g/mol. The molecular weight excluding hydrogens is 254 g/mol. The van der Waals surface area contributed by atoms with Crippen molar-refractivity contribution in [3.63, 3.8) is 0 Å². The van der Waals surface area contributed by atoms with Crippen LogP contribution in [-0.4, -0.2) is 11.1 Å². The maximum absolute atomic E-state index is 11.1. The first-order valence-corrected chi connectivity index (χ1v) is 6.51. The lowest BCUT2D eigenvalue weighted by Crippen LogP contribution is -2.15. The minimum atomic E-state index is -0.400. The molecule has 0 fully saturated rings. The molecule has 1 aromatic heterocycles. The number of nitrogens with two attached hydrogens (primary N) is 1. The van der Waals surface area contributed by atoms with Crippen molar-refractivity contribution in [3.05, 3.63) is 51.9 Å². The molecule has 3 N–H and O–H groups in total. The molecule has 5 nitrogen and oxygen atoms in total. The first kappa shape index (κ1) is 14.3. The molecule has 0 bridgehead atoms. The van der Waals surface area contributed by atoms with Crippen molar-refractivity contribution in [1.82, 2.24) is 10.5 Å². The summed E-state index contributed by atoms with van der Waals surface area (Å²) in [7, 11) is 0. The molecule has 0 atom stereocenters. The van der Waals surface area contributed by atoms with Gasteiger partial charge in [0.15, 0.2) is 0 Å². The van der Waals surface area contributed by atoms with Gasteiger partial charge in [0, 0.05) is 24.2 Å². The lowest BCUT2D eigenvalue weighted by molar-refractivity contribution is 0.1000. The quantitative estimate of drug-likeness (QED) is 0.873. The third kappa shape index (κ3) is 3.05. The zero-order valence-electron chi connectivity index (χ0n) is 12.0. The van der Waals surface area contributed by atoms with Gasteiger partial charge in [-0.25, -0.2) is 0 Å². The van der Waals surface area contributed by atoms with E-state index in [4.69, 9.17) is 10.3 Å². The van der Waals surface area contributed by atoms with Crippen LogP contribution in [0.25, 0.3) is 0 Å². The van der Waals surface area contributed by atoms with Crippen molar-refractivity contribution in [3.8, 4) is 0 Å². The topological polar surface area (TPSA) is 81.2 Å². The number of aromatic nitrogens is 1. The summed E-state index contributed by atoms with van der Waals surface area (Å²) in [6.07, 6.45) is 0. The van der Waals surface area contributed by atoms with Crippen molar-refractivity contribution in [1.29, 1.82) is 0 Å². The van der Waals surface area contributed by atoms with Crippen molar-refractivity contribution in [2.75, 3.05) is 0 Å². The first-order chi connectivity index (χ1) is 9.49. The maximum atomic E-state index is 11.1. The molecule has 1 aromatic carbocycles. The highest BCUT2D eigenvalue weighted by atomic mass is 16.5. The van der Waals surface area contributed by atoms with Crippen LogP contribution in [0.3, 0.4) is 0 Å². The molecule has 20 heavy (non-hydrogen) atoms. The Hall–Kier alpha value is -2.14. The van der Waals surface area contributed by atoms with Gasteiger partial charge in [-0.1, -0.05) is 11.2 Å². The fourth-order valence-corrected chi connectivity index (χ4v) is 2.12. The molecule has 2 aromatic rings. The molecule has 106 valence electrons. The van der Waals surface area contributed by atoms with Crippen LogP contribution < -0.4 is 11.1 Å². The fourth-order valence-electron chi connectivity index (χ4n) is 2.12. The van der Waals surface area contributed by atoms with E-state index in [-0.39, 0.29) is 0 Å². The standard InChI is InChI=1S/C15H19N3O2/c1-9-6-12(15(16)19)4-5-13(9)7-17-8-14-10(2)18-20-11(14)3/h4-6,17H,7-8H2,1-3H3,(H2,16,19). The molecule has 1 amide bonds. The number of amides is 1. The van der Waals surface area contributed by atoms with E-state index in [2.05, 4.69) is 10.5 Å². The van der Waals surface area contributed by atoms with Gasteiger partial charge in [-0.3, -0.25) is 4.79 Å². The maximum Gasteiger partial charge on any atom is 0.248 e. The number of hydrogen-bond acceptors (Lipinski definition) is 4. The van der Waals surface area contributed by atoms with Crippen LogP contribution in [0, 0.1) is 20.8 Å². The third-order valence-electron chi connectivity index (χ3n) is 3.43. The fraction of sp³-hybridized carbons (Fsp3) is 0.333. The summed E-state index contributed by atoms with van der Waals surface area (Å²) in [5, 5.41) is 7.28. The van der Waals surface area contributed by atoms with Gasteiger partial charge in [-0.05, 0) is 44.0 Å². The summed E-state index contributed by atoms with van der Waals surface area (Å²) in [4.78, 5) is 11.1. The Kier molecular flexibility index (Phi) is 4.20. The Morgan fingerprint density at radius 2 is 2.05 bits per heavy atom. The SMILES string of the molecule is Cc1cc(C(N)=O)ccc1CNCc1c(C)noc1C. The molecule has 0 radical (unpaired) electrons. The van der Waals surface area contributed by atoms with Gasteiger partial charge in [-0.15, -0.1) is 0 Å². The number of carbonyl (C=O) groups is 1.